The Morgan fingerprint density at radius 1 is 1.40 bits per heavy atom. The van der Waals surface area contributed by atoms with E-state index in [9.17, 15) is 0 Å². The van der Waals surface area contributed by atoms with Crippen LogP contribution in [0.1, 0.15) is 19.8 Å². The second-order valence-electron chi connectivity index (χ2n) is 3.40. The predicted molar refractivity (Wildman–Crippen MR) is 62.9 cm³/mol. The van der Waals surface area contributed by atoms with Crippen molar-refractivity contribution >= 4 is 11.4 Å². The van der Waals surface area contributed by atoms with Crippen molar-refractivity contribution < 1.29 is 4.74 Å². The second kappa shape index (κ2) is 7.06. The van der Waals surface area contributed by atoms with Gasteiger partial charge in [-0.3, -0.25) is 4.98 Å². The van der Waals surface area contributed by atoms with Crippen molar-refractivity contribution in [1.29, 1.82) is 0 Å². The third-order valence-corrected chi connectivity index (χ3v) is 1.90. The van der Waals surface area contributed by atoms with Gasteiger partial charge < -0.3 is 15.8 Å². The zero-order chi connectivity index (χ0) is 10.9. The molecule has 15 heavy (non-hydrogen) atoms. The quantitative estimate of drug-likeness (QED) is 0.673. The number of hydrogen-bond donors (Lipinski definition) is 2. The number of ether oxygens (including phenoxy) is 1. The largest absolute Gasteiger partial charge is 0.397 e. The van der Waals surface area contributed by atoms with Crippen LogP contribution in [0.2, 0.25) is 0 Å². The van der Waals surface area contributed by atoms with Gasteiger partial charge in [0.1, 0.15) is 0 Å². The molecule has 84 valence electrons. The summed E-state index contributed by atoms with van der Waals surface area (Å²) in [4.78, 5) is 3.99. The molecular formula is C11H19N3O. The van der Waals surface area contributed by atoms with E-state index in [0.29, 0.717) is 5.69 Å². The molecule has 0 amide bonds. The van der Waals surface area contributed by atoms with Gasteiger partial charge in [0.15, 0.2) is 0 Å². The molecule has 4 heteroatoms. The number of hydrogen-bond acceptors (Lipinski definition) is 4. The molecule has 4 nitrogen and oxygen atoms in total. The van der Waals surface area contributed by atoms with E-state index in [2.05, 4.69) is 17.2 Å². The van der Waals surface area contributed by atoms with Crippen molar-refractivity contribution in [3.63, 3.8) is 0 Å². The van der Waals surface area contributed by atoms with E-state index in [0.717, 1.165) is 38.3 Å². The minimum atomic E-state index is 0.683. The molecule has 0 atom stereocenters. The van der Waals surface area contributed by atoms with Gasteiger partial charge in [0.25, 0.3) is 0 Å². The highest BCUT2D eigenvalue weighted by Gasteiger charge is 1.93. The molecule has 3 N–H and O–H groups in total. The number of nitrogen functional groups attached to an aromatic ring is 1. The summed E-state index contributed by atoms with van der Waals surface area (Å²) in [6, 6.07) is 1.87. The standard InChI is InChI=1S/C11H19N3O/c1-2-5-15-6-3-4-14-11-7-10(12)8-13-9-11/h7-9,14H,2-6,12H2,1H3. The van der Waals surface area contributed by atoms with Gasteiger partial charge in [0.05, 0.1) is 17.6 Å². The molecule has 0 aliphatic heterocycles. The number of nitrogens with one attached hydrogen (secondary N) is 1. The first-order valence-electron chi connectivity index (χ1n) is 5.35. The molecule has 1 heterocycles. The van der Waals surface area contributed by atoms with Gasteiger partial charge in [-0.2, -0.15) is 0 Å². The summed E-state index contributed by atoms with van der Waals surface area (Å²) in [5.41, 5.74) is 7.25. The number of anilines is 2. The molecule has 0 saturated heterocycles. The normalized spacial score (nSPS) is 10.2. The highest BCUT2D eigenvalue weighted by atomic mass is 16.5. The molecule has 0 bridgehead atoms. The van der Waals surface area contributed by atoms with Crippen LogP contribution >= 0.6 is 0 Å². The third kappa shape index (κ3) is 5.22. The van der Waals surface area contributed by atoms with Crippen LogP contribution in [0.5, 0.6) is 0 Å². The second-order valence-corrected chi connectivity index (χ2v) is 3.40. The van der Waals surface area contributed by atoms with Gasteiger partial charge in [-0.05, 0) is 18.9 Å². The summed E-state index contributed by atoms with van der Waals surface area (Å²) >= 11 is 0. The van der Waals surface area contributed by atoms with E-state index in [1.54, 1.807) is 12.4 Å². The van der Waals surface area contributed by atoms with Gasteiger partial charge in [-0.1, -0.05) is 6.92 Å². The van der Waals surface area contributed by atoms with Crippen molar-refractivity contribution in [3.05, 3.63) is 18.5 Å². The number of nitrogens with two attached hydrogens (primary N) is 1. The summed E-state index contributed by atoms with van der Waals surface area (Å²) in [5.74, 6) is 0. The first-order chi connectivity index (χ1) is 7.33. The van der Waals surface area contributed by atoms with Crippen LogP contribution in [0.4, 0.5) is 11.4 Å². The van der Waals surface area contributed by atoms with Crippen LogP contribution in [-0.4, -0.2) is 24.7 Å². The summed E-state index contributed by atoms with van der Waals surface area (Å²) in [5, 5.41) is 3.24. The van der Waals surface area contributed by atoms with Gasteiger partial charge in [-0.25, -0.2) is 0 Å². The maximum absolute atomic E-state index is 5.60. The Morgan fingerprint density at radius 3 is 3.00 bits per heavy atom. The predicted octanol–water partition coefficient (Wildman–Crippen LogP) is 1.89. The fraction of sp³-hybridized carbons (Fsp3) is 0.545. The van der Waals surface area contributed by atoms with Crippen LogP contribution < -0.4 is 11.1 Å². The summed E-state index contributed by atoms with van der Waals surface area (Å²) in [7, 11) is 0. The Bertz CT molecular complexity index is 278. The zero-order valence-corrected chi connectivity index (χ0v) is 9.20. The van der Waals surface area contributed by atoms with Gasteiger partial charge >= 0.3 is 0 Å². The van der Waals surface area contributed by atoms with Gasteiger partial charge in [0, 0.05) is 26.0 Å². The van der Waals surface area contributed by atoms with Crippen LogP contribution in [0, 0.1) is 0 Å². The molecule has 0 saturated carbocycles. The average Bonchev–Trinajstić information content (AvgIpc) is 2.23. The topological polar surface area (TPSA) is 60.2 Å². The first-order valence-corrected chi connectivity index (χ1v) is 5.35. The minimum Gasteiger partial charge on any atom is -0.397 e. The van der Waals surface area contributed by atoms with Crippen molar-refractivity contribution in [2.75, 3.05) is 30.8 Å². The Kier molecular flexibility index (Phi) is 5.55. The first kappa shape index (κ1) is 11.8. The van der Waals surface area contributed by atoms with Crippen LogP contribution in [0.15, 0.2) is 18.5 Å². The molecule has 0 fully saturated rings. The number of nitrogens with zero attached hydrogens (tertiary/aromatic N) is 1. The Balaban J connectivity index is 2.10. The molecule has 1 rings (SSSR count). The van der Waals surface area contributed by atoms with Crippen molar-refractivity contribution in [3.8, 4) is 0 Å². The Morgan fingerprint density at radius 2 is 2.27 bits per heavy atom. The van der Waals surface area contributed by atoms with E-state index in [1.165, 1.54) is 0 Å². The summed E-state index contributed by atoms with van der Waals surface area (Å²) in [6.45, 7) is 4.64. The SMILES string of the molecule is CCCOCCCNc1cncc(N)c1. The molecule has 0 unspecified atom stereocenters. The van der Waals surface area contributed by atoms with Crippen LogP contribution in [-0.2, 0) is 4.74 Å². The van der Waals surface area contributed by atoms with Gasteiger partial charge in [0.2, 0.25) is 0 Å². The van der Waals surface area contributed by atoms with E-state index in [4.69, 9.17) is 10.5 Å². The smallest absolute Gasteiger partial charge is 0.0547 e. The van der Waals surface area contributed by atoms with Crippen LogP contribution in [0.25, 0.3) is 0 Å². The van der Waals surface area contributed by atoms with Crippen LogP contribution in [0.3, 0.4) is 0 Å². The lowest BCUT2D eigenvalue weighted by molar-refractivity contribution is 0.134. The van der Waals surface area contributed by atoms with Crippen molar-refractivity contribution in [2.24, 2.45) is 0 Å². The summed E-state index contributed by atoms with van der Waals surface area (Å²) in [6.07, 6.45) is 5.47. The molecule has 0 spiro atoms. The lowest BCUT2D eigenvalue weighted by Gasteiger charge is -2.06. The van der Waals surface area contributed by atoms with E-state index >= 15 is 0 Å². The highest BCUT2D eigenvalue weighted by molar-refractivity contribution is 5.51. The number of rotatable bonds is 7. The maximum Gasteiger partial charge on any atom is 0.0547 e. The molecule has 1 aromatic heterocycles. The number of pyridine rings is 1. The molecule has 0 aromatic carbocycles. The Hall–Kier alpha value is -1.29. The fourth-order valence-corrected chi connectivity index (χ4v) is 1.21. The van der Waals surface area contributed by atoms with E-state index < -0.39 is 0 Å². The van der Waals surface area contributed by atoms with Crippen molar-refractivity contribution in [2.45, 2.75) is 19.8 Å². The molecule has 1 aromatic rings. The zero-order valence-electron chi connectivity index (χ0n) is 9.20. The summed E-state index contributed by atoms with van der Waals surface area (Å²) < 4.78 is 5.36. The average molecular weight is 209 g/mol. The monoisotopic (exact) mass is 209 g/mol. The minimum absolute atomic E-state index is 0.683. The molecule has 0 radical (unpaired) electrons. The van der Waals surface area contributed by atoms with Gasteiger partial charge in [-0.15, -0.1) is 0 Å². The number of aromatic nitrogens is 1. The van der Waals surface area contributed by atoms with Crippen molar-refractivity contribution in [1.82, 2.24) is 4.98 Å². The molecular weight excluding hydrogens is 190 g/mol. The fourth-order valence-electron chi connectivity index (χ4n) is 1.21. The highest BCUT2D eigenvalue weighted by Crippen LogP contribution is 2.08. The maximum atomic E-state index is 5.60. The third-order valence-electron chi connectivity index (χ3n) is 1.90. The van der Waals surface area contributed by atoms with E-state index in [1.807, 2.05) is 6.07 Å². The Labute approximate surface area is 90.8 Å². The van der Waals surface area contributed by atoms with E-state index in [-0.39, 0.29) is 0 Å². The molecule has 0 aliphatic carbocycles. The lowest BCUT2D eigenvalue weighted by atomic mass is 10.3. The lowest BCUT2D eigenvalue weighted by Crippen LogP contribution is -2.06. The molecule has 0 aliphatic rings.